The monoisotopic (exact) mass is 300 g/mol. The molecule has 1 aromatic rings. The van der Waals surface area contributed by atoms with Gasteiger partial charge < -0.3 is 9.80 Å². The van der Waals surface area contributed by atoms with E-state index in [0.717, 1.165) is 26.1 Å². The lowest BCUT2D eigenvalue weighted by Gasteiger charge is -2.25. The van der Waals surface area contributed by atoms with E-state index in [1.165, 1.54) is 49.8 Å². The first kappa shape index (κ1) is 15.4. The quantitative estimate of drug-likeness (QED) is 0.825. The summed E-state index contributed by atoms with van der Waals surface area (Å²) in [4.78, 5) is 16.8. The van der Waals surface area contributed by atoms with Crippen molar-refractivity contribution in [1.82, 2.24) is 4.90 Å². The number of nitrogens with zero attached hydrogens (tertiary/aromatic N) is 2. The third-order valence-electron chi connectivity index (χ3n) is 5.21. The van der Waals surface area contributed by atoms with Crippen molar-refractivity contribution >= 4 is 11.6 Å². The van der Waals surface area contributed by atoms with E-state index in [2.05, 4.69) is 29.2 Å². The van der Waals surface area contributed by atoms with E-state index in [-0.39, 0.29) is 0 Å². The molecule has 22 heavy (non-hydrogen) atoms. The van der Waals surface area contributed by atoms with Crippen LogP contribution in [0.4, 0.5) is 5.69 Å². The lowest BCUT2D eigenvalue weighted by atomic mass is 10.0. The largest absolute Gasteiger partial charge is 0.371 e. The van der Waals surface area contributed by atoms with E-state index in [1.807, 2.05) is 11.9 Å². The van der Waals surface area contributed by atoms with E-state index in [0.29, 0.717) is 11.8 Å². The summed E-state index contributed by atoms with van der Waals surface area (Å²) < 4.78 is 0. The zero-order valence-corrected chi connectivity index (χ0v) is 13.8. The van der Waals surface area contributed by atoms with Crippen LogP contribution in [0.2, 0.25) is 0 Å². The van der Waals surface area contributed by atoms with Gasteiger partial charge in [0.2, 0.25) is 5.91 Å². The number of anilines is 1. The molecule has 0 spiro atoms. The van der Waals surface area contributed by atoms with Crippen molar-refractivity contribution in [3.63, 3.8) is 0 Å². The van der Waals surface area contributed by atoms with E-state index >= 15 is 0 Å². The zero-order chi connectivity index (χ0) is 15.4. The van der Waals surface area contributed by atoms with Crippen LogP contribution in [0, 0.1) is 5.92 Å². The van der Waals surface area contributed by atoms with E-state index in [9.17, 15) is 4.79 Å². The Morgan fingerprint density at radius 2 is 1.82 bits per heavy atom. The standard InChI is InChI=1S/C19H28N2O/c1-20(19(22)14-16-8-2-3-9-16)15-17-10-4-5-11-18(17)21-12-6-7-13-21/h4-5,10-11,16H,2-3,6-9,12-15H2,1H3. The van der Waals surface area contributed by atoms with Crippen LogP contribution in [-0.2, 0) is 11.3 Å². The number of carbonyl (C=O) groups is 1. The molecule has 3 heteroatoms. The van der Waals surface area contributed by atoms with Crippen LogP contribution >= 0.6 is 0 Å². The molecule has 120 valence electrons. The van der Waals surface area contributed by atoms with Gasteiger partial charge in [0.15, 0.2) is 0 Å². The molecule has 0 atom stereocenters. The highest BCUT2D eigenvalue weighted by Gasteiger charge is 2.22. The fourth-order valence-electron chi connectivity index (χ4n) is 3.87. The van der Waals surface area contributed by atoms with Crippen molar-refractivity contribution in [2.45, 2.75) is 51.5 Å². The molecule has 1 saturated carbocycles. The summed E-state index contributed by atoms with van der Waals surface area (Å²) in [6.07, 6.45) is 8.39. The predicted octanol–water partition coefficient (Wildman–Crippen LogP) is 3.83. The number of hydrogen-bond acceptors (Lipinski definition) is 2. The molecule has 2 fully saturated rings. The highest BCUT2D eigenvalue weighted by Crippen LogP contribution is 2.29. The average molecular weight is 300 g/mol. The average Bonchev–Trinajstić information content (AvgIpc) is 3.21. The van der Waals surface area contributed by atoms with Crippen molar-refractivity contribution < 1.29 is 4.79 Å². The van der Waals surface area contributed by atoms with Crippen molar-refractivity contribution in [3.8, 4) is 0 Å². The molecule has 0 unspecified atom stereocenters. The summed E-state index contributed by atoms with van der Waals surface area (Å²) in [5.74, 6) is 0.937. The molecule has 1 saturated heterocycles. The van der Waals surface area contributed by atoms with Crippen molar-refractivity contribution in [2.24, 2.45) is 5.92 Å². The summed E-state index contributed by atoms with van der Waals surface area (Å²) in [7, 11) is 1.96. The molecule has 0 radical (unpaired) electrons. The molecule has 0 aromatic heterocycles. The highest BCUT2D eigenvalue weighted by atomic mass is 16.2. The first-order chi connectivity index (χ1) is 10.7. The van der Waals surface area contributed by atoms with Crippen molar-refractivity contribution in [2.75, 3.05) is 25.0 Å². The van der Waals surface area contributed by atoms with Crippen LogP contribution in [0.3, 0.4) is 0 Å². The van der Waals surface area contributed by atoms with Gasteiger partial charge in [-0.25, -0.2) is 0 Å². The van der Waals surface area contributed by atoms with Crippen LogP contribution in [0.1, 0.15) is 50.5 Å². The predicted molar refractivity (Wildman–Crippen MR) is 90.9 cm³/mol. The SMILES string of the molecule is CN(Cc1ccccc1N1CCCC1)C(=O)CC1CCCC1. The van der Waals surface area contributed by atoms with Crippen LogP contribution in [0.15, 0.2) is 24.3 Å². The second-order valence-corrected chi connectivity index (χ2v) is 6.93. The van der Waals surface area contributed by atoms with Gasteiger partial charge in [-0.15, -0.1) is 0 Å². The van der Waals surface area contributed by atoms with Gasteiger partial charge in [-0.05, 0) is 43.2 Å². The minimum atomic E-state index is 0.308. The lowest BCUT2D eigenvalue weighted by Crippen LogP contribution is -2.29. The van der Waals surface area contributed by atoms with Gasteiger partial charge in [0, 0.05) is 38.8 Å². The maximum Gasteiger partial charge on any atom is 0.222 e. The Kier molecular flexibility index (Phi) is 5.01. The number of hydrogen-bond donors (Lipinski definition) is 0. The van der Waals surface area contributed by atoms with Gasteiger partial charge in [0.05, 0.1) is 0 Å². The number of amides is 1. The van der Waals surface area contributed by atoms with Gasteiger partial charge in [-0.2, -0.15) is 0 Å². The second kappa shape index (κ2) is 7.17. The fourth-order valence-corrected chi connectivity index (χ4v) is 3.87. The Hall–Kier alpha value is -1.51. The molecule has 1 aromatic carbocycles. The smallest absolute Gasteiger partial charge is 0.222 e. The van der Waals surface area contributed by atoms with Gasteiger partial charge in [-0.1, -0.05) is 31.0 Å². The maximum atomic E-state index is 12.4. The number of benzene rings is 1. The summed E-state index contributed by atoms with van der Waals surface area (Å²) in [5, 5.41) is 0. The molecule has 3 rings (SSSR count). The van der Waals surface area contributed by atoms with E-state index in [1.54, 1.807) is 0 Å². The van der Waals surface area contributed by atoms with Crippen molar-refractivity contribution in [1.29, 1.82) is 0 Å². The Labute approximate surface area is 134 Å². The van der Waals surface area contributed by atoms with Crippen LogP contribution in [0.25, 0.3) is 0 Å². The van der Waals surface area contributed by atoms with Gasteiger partial charge >= 0.3 is 0 Å². The summed E-state index contributed by atoms with van der Waals surface area (Å²) >= 11 is 0. The Morgan fingerprint density at radius 1 is 1.14 bits per heavy atom. The second-order valence-electron chi connectivity index (χ2n) is 6.93. The molecule has 1 amide bonds. The Morgan fingerprint density at radius 3 is 2.55 bits per heavy atom. The van der Waals surface area contributed by atoms with Gasteiger partial charge in [0.25, 0.3) is 0 Å². The fraction of sp³-hybridized carbons (Fsp3) is 0.632. The number of carbonyl (C=O) groups excluding carboxylic acids is 1. The minimum Gasteiger partial charge on any atom is -0.371 e. The molecular weight excluding hydrogens is 272 g/mol. The van der Waals surface area contributed by atoms with Crippen LogP contribution < -0.4 is 4.90 Å². The Bertz CT molecular complexity index is 502. The molecule has 2 aliphatic rings. The summed E-state index contributed by atoms with van der Waals surface area (Å²) in [6, 6.07) is 8.57. The molecule has 0 N–H and O–H groups in total. The molecule has 1 aliphatic carbocycles. The summed E-state index contributed by atoms with van der Waals surface area (Å²) in [6.45, 7) is 3.03. The molecule has 1 aliphatic heterocycles. The normalized spacial score (nSPS) is 18.9. The van der Waals surface area contributed by atoms with Gasteiger partial charge in [-0.3, -0.25) is 4.79 Å². The molecule has 0 bridgehead atoms. The maximum absolute atomic E-state index is 12.4. The first-order valence-corrected chi connectivity index (χ1v) is 8.81. The van der Waals surface area contributed by atoms with E-state index in [4.69, 9.17) is 0 Å². The third-order valence-corrected chi connectivity index (χ3v) is 5.21. The van der Waals surface area contributed by atoms with E-state index < -0.39 is 0 Å². The summed E-state index contributed by atoms with van der Waals surface area (Å²) in [5.41, 5.74) is 2.60. The van der Waals surface area contributed by atoms with Crippen LogP contribution in [-0.4, -0.2) is 30.9 Å². The highest BCUT2D eigenvalue weighted by molar-refractivity contribution is 5.76. The molecule has 1 heterocycles. The zero-order valence-electron chi connectivity index (χ0n) is 13.8. The molecular formula is C19H28N2O. The third kappa shape index (κ3) is 3.63. The lowest BCUT2D eigenvalue weighted by molar-refractivity contribution is -0.131. The number of rotatable bonds is 5. The topological polar surface area (TPSA) is 23.6 Å². The molecule has 3 nitrogen and oxygen atoms in total. The van der Waals surface area contributed by atoms with Crippen molar-refractivity contribution in [3.05, 3.63) is 29.8 Å². The Balaban J connectivity index is 1.63. The first-order valence-electron chi connectivity index (χ1n) is 8.81. The number of para-hydroxylation sites is 1. The van der Waals surface area contributed by atoms with Gasteiger partial charge in [0.1, 0.15) is 0 Å². The minimum absolute atomic E-state index is 0.308. The van der Waals surface area contributed by atoms with Crippen LogP contribution in [0.5, 0.6) is 0 Å².